The average Bonchev–Trinajstić information content (AvgIpc) is 2.82. The van der Waals surface area contributed by atoms with Crippen molar-refractivity contribution in [2.75, 3.05) is 0 Å². The lowest BCUT2D eigenvalue weighted by Gasteiger charge is -2.06. The van der Waals surface area contributed by atoms with E-state index >= 15 is 0 Å². The summed E-state index contributed by atoms with van der Waals surface area (Å²) >= 11 is 0. The van der Waals surface area contributed by atoms with Gasteiger partial charge in [0, 0.05) is 12.4 Å². The van der Waals surface area contributed by atoms with Gasteiger partial charge in [-0.15, -0.1) is 0 Å². The smallest absolute Gasteiger partial charge is 0.158 e. The van der Waals surface area contributed by atoms with E-state index in [-0.39, 0.29) is 23.0 Å². The molecule has 4 N–H and O–H groups in total. The highest BCUT2D eigenvalue weighted by molar-refractivity contribution is 5.83. The zero-order valence-corrected chi connectivity index (χ0v) is 17.3. The van der Waals surface area contributed by atoms with Crippen LogP contribution >= 0.6 is 0 Å². The summed E-state index contributed by atoms with van der Waals surface area (Å²) < 4.78 is 5.85. The molecule has 0 aliphatic carbocycles. The van der Waals surface area contributed by atoms with Crippen molar-refractivity contribution in [3.63, 3.8) is 0 Å². The van der Waals surface area contributed by atoms with Crippen LogP contribution in [-0.2, 0) is 0 Å². The Morgan fingerprint density at radius 3 is 1.24 bits per heavy atom. The van der Waals surface area contributed by atoms with Crippen molar-refractivity contribution < 1.29 is 25.2 Å². The van der Waals surface area contributed by atoms with Crippen LogP contribution in [0.25, 0.3) is 0 Å². The van der Waals surface area contributed by atoms with E-state index in [1.54, 1.807) is 73.1 Å². The molecule has 0 spiro atoms. The van der Waals surface area contributed by atoms with Crippen molar-refractivity contribution in [2.24, 2.45) is 9.98 Å². The predicted molar refractivity (Wildman–Crippen MR) is 127 cm³/mol. The molecule has 0 aromatic heterocycles. The van der Waals surface area contributed by atoms with Crippen molar-refractivity contribution in [1.29, 1.82) is 0 Å². The van der Waals surface area contributed by atoms with Crippen molar-refractivity contribution in [3.8, 4) is 34.5 Å². The van der Waals surface area contributed by atoms with Gasteiger partial charge in [-0.2, -0.15) is 0 Å². The monoisotopic (exact) mass is 440 g/mol. The van der Waals surface area contributed by atoms with Crippen molar-refractivity contribution in [1.82, 2.24) is 0 Å². The first kappa shape index (κ1) is 21.5. The lowest BCUT2D eigenvalue weighted by molar-refractivity contribution is 0.403. The summed E-state index contributed by atoms with van der Waals surface area (Å²) in [6.07, 6.45) is 3.18. The number of aliphatic imine (C=N–C) groups is 2. The average molecular weight is 440 g/mol. The molecule has 7 heteroatoms. The molecule has 33 heavy (non-hydrogen) atoms. The number of hydrogen-bond acceptors (Lipinski definition) is 7. The lowest BCUT2D eigenvalue weighted by Crippen LogP contribution is -1.84. The fourth-order valence-electron chi connectivity index (χ4n) is 2.88. The Labute approximate surface area is 189 Å². The topological polar surface area (TPSA) is 115 Å². The van der Waals surface area contributed by atoms with Gasteiger partial charge in [-0.05, 0) is 96.1 Å². The molecule has 4 aromatic carbocycles. The Balaban J connectivity index is 1.36. The Hall–Kier alpha value is -4.78. The van der Waals surface area contributed by atoms with Crippen LogP contribution < -0.4 is 4.74 Å². The van der Waals surface area contributed by atoms with Gasteiger partial charge < -0.3 is 25.2 Å². The molecule has 0 atom stereocenters. The molecule has 0 aliphatic rings. The summed E-state index contributed by atoms with van der Waals surface area (Å²) in [6.45, 7) is 0. The normalized spacial score (nSPS) is 11.3. The van der Waals surface area contributed by atoms with Crippen molar-refractivity contribution in [2.45, 2.75) is 0 Å². The number of aromatic hydroxyl groups is 4. The number of phenolic OH excluding ortho intramolecular Hbond substituents is 4. The second-order valence-corrected chi connectivity index (χ2v) is 7.10. The molecule has 0 radical (unpaired) electrons. The van der Waals surface area contributed by atoms with Gasteiger partial charge in [-0.3, -0.25) is 9.98 Å². The van der Waals surface area contributed by atoms with Gasteiger partial charge in [-0.1, -0.05) is 0 Å². The van der Waals surface area contributed by atoms with Gasteiger partial charge in [0.25, 0.3) is 0 Å². The molecular formula is C26H20N2O5. The summed E-state index contributed by atoms with van der Waals surface area (Å²) in [4.78, 5) is 8.69. The first-order valence-electron chi connectivity index (χ1n) is 9.96. The SMILES string of the molecule is Oc1ccc(C=Nc2ccc(Oc3ccc(N=Cc4ccc(O)c(O)c4)cc3)cc2)cc1O. The van der Waals surface area contributed by atoms with E-state index in [1.165, 1.54) is 24.3 Å². The van der Waals surface area contributed by atoms with E-state index in [2.05, 4.69) is 9.98 Å². The molecule has 0 unspecified atom stereocenters. The molecule has 7 nitrogen and oxygen atoms in total. The van der Waals surface area contributed by atoms with Gasteiger partial charge in [0.2, 0.25) is 0 Å². The molecule has 4 aromatic rings. The van der Waals surface area contributed by atoms with Gasteiger partial charge in [0.1, 0.15) is 11.5 Å². The highest BCUT2D eigenvalue weighted by Gasteiger charge is 2.01. The number of rotatable bonds is 6. The summed E-state index contributed by atoms with van der Waals surface area (Å²) in [7, 11) is 0. The Kier molecular flexibility index (Phi) is 6.22. The predicted octanol–water partition coefficient (Wildman–Crippen LogP) is 5.80. The van der Waals surface area contributed by atoms with Crippen LogP contribution in [0.1, 0.15) is 11.1 Å². The van der Waals surface area contributed by atoms with Crippen LogP contribution in [0.5, 0.6) is 34.5 Å². The maximum absolute atomic E-state index is 9.54. The van der Waals surface area contributed by atoms with E-state index < -0.39 is 0 Å². The van der Waals surface area contributed by atoms with Crippen molar-refractivity contribution in [3.05, 3.63) is 96.1 Å². The molecule has 0 amide bonds. The third-order valence-electron chi connectivity index (χ3n) is 4.63. The minimum atomic E-state index is -0.195. The van der Waals surface area contributed by atoms with Crippen LogP contribution in [0.3, 0.4) is 0 Å². The van der Waals surface area contributed by atoms with Crippen LogP contribution in [0.4, 0.5) is 11.4 Å². The van der Waals surface area contributed by atoms with Gasteiger partial charge >= 0.3 is 0 Å². The first-order valence-corrected chi connectivity index (χ1v) is 9.96. The fourth-order valence-corrected chi connectivity index (χ4v) is 2.88. The summed E-state index contributed by atoms with van der Waals surface area (Å²) in [5.41, 5.74) is 2.74. The van der Waals surface area contributed by atoms with Gasteiger partial charge in [-0.25, -0.2) is 0 Å². The summed E-state index contributed by atoms with van der Waals surface area (Å²) in [5.74, 6) is 0.550. The standard InChI is InChI=1S/C26H20N2O5/c29-23-11-1-17(13-25(23)31)15-27-19-3-7-21(8-4-19)33-22-9-5-20(6-10-22)28-16-18-2-12-24(30)26(32)14-18/h1-16,29-32H. The molecule has 0 saturated carbocycles. The summed E-state index contributed by atoms with van der Waals surface area (Å²) in [6, 6.07) is 23.4. The van der Waals surface area contributed by atoms with Crippen LogP contribution in [-0.4, -0.2) is 32.9 Å². The zero-order chi connectivity index (χ0) is 23.2. The molecule has 0 bridgehead atoms. The van der Waals surface area contributed by atoms with E-state index in [1.807, 2.05) is 0 Å². The minimum absolute atomic E-state index is 0.175. The van der Waals surface area contributed by atoms with Gasteiger partial charge in [0.05, 0.1) is 11.4 Å². The first-order chi connectivity index (χ1) is 16.0. The zero-order valence-electron chi connectivity index (χ0n) is 17.3. The Morgan fingerprint density at radius 2 is 0.879 bits per heavy atom. The van der Waals surface area contributed by atoms with Gasteiger partial charge in [0.15, 0.2) is 23.0 Å². The fraction of sp³-hybridized carbons (Fsp3) is 0. The third kappa shape index (κ3) is 5.68. The second-order valence-electron chi connectivity index (χ2n) is 7.10. The van der Waals surface area contributed by atoms with E-state index in [0.717, 1.165) is 0 Å². The van der Waals surface area contributed by atoms with Crippen LogP contribution in [0.15, 0.2) is 94.9 Å². The largest absolute Gasteiger partial charge is 0.504 e. The molecule has 0 heterocycles. The maximum atomic E-state index is 9.54. The Bertz CT molecular complexity index is 1210. The molecule has 0 fully saturated rings. The van der Waals surface area contributed by atoms with E-state index in [9.17, 15) is 20.4 Å². The van der Waals surface area contributed by atoms with Crippen LogP contribution in [0, 0.1) is 0 Å². The number of hydrogen-bond donors (Lipinski definition) is 4. The second kappa shape index (κ2) is 9.57. The number of phenols is 4. The molecular weight excluding hydrogens is 420 g/mol. The third-order valence-corrected chi connectivity index (χ3v) is 4.63. The van der Waals surface area contributed by atoms with Crippen molar-refractivity contribution >= 4 is 23.8 Å². The van der Waals surface area contributed by atoms with Crippen LogP contribution in [0.2, 0.25) is 0 Å². The quantitative estimate of drug-likeness (QED) is 0.223. The highest BCUT2D eigenvalue weighted by Crippen LogP contribution is 2.28. The highest BCUT2D eigenvalue weighted by atomic mass is 16.5. The molecule has 4 rings (SSSR count). The minimum Gasteiger partial charge on any atom is -0.504 e. The number of benzene rings is 4. The van der Waals surface area contributed by atoms with E-state index in [0.29, 0.717) is 34.0 Å². The number of nitrogens with zero attached hydrogens (tertiary/aromatic N) is 2. The summed E-state index contributed by atoms with van der Waals surface area (Å²) in [5, 5.41) is 37.8. The molecule has 164 valence electrons. The maximum Gasteiger partial charge on any atom is 0.158 e. The molecule has 0 aliphatic heterocycles. The van der Waals surface area contributed by atoms with E-state index in [4.69, 9.17) is 4.74 Å². The lowest BCUT2D eigenvalue weighted by atomic mass is 10.2. The molecule has 0 saturated heterocycles. The Morgan fingerprint density at radius 1 is 0.485 bits per heavy atom. The number of ether oxygens (including phenoxy) is 1.